The summed E-state index contributed by atoms with van der Waals surface area (Å²) < 4.78 is 0. The van der Waals surface area contributed by atoms with E-state index in [9.17, 15) is 29.5 Å². The minimum atomic E-state index is -1.34. The number of β-lactam (4-membered cyclic amide) rings is 1. The first-order valence-electron chi connectivity index (χ1n) is 9.79. The number of allylic oxidation sites excluding steroid dienone is 1. The van der Waals surface area contributed by atoms with E-state index in [-0.39, 0.29) is 34.7 Å². The Bertz CT molecular complexity index is 1230. The number of hydrogen-bond donors (Lipinski definition) is 4. The number of nitrogen functional groups attached to an aromatic ring is 1. The van der Waals surface area contributed by atoms with Crippen LogP contribution in [0.4, 0.5) is 5.13 Å². The topological polar surface area (TPSA) is 202 Å². The number of nitrogens with zero attached hydrogens (tertiary/aromatic N) is 5. The second-order valence-electron chi connectivity index (χ2n) is 7.36. The SMILES string of the molecule is N#CCN1CCC(=CC2=C(C(=O)O)N3C(=O)C(NC(=O)C(=NO)c4csc(N)n4)C3SC2)C1=O. The van der Waals surface area contributed by atoms with Crippen molar-refractivity contribution in [3.05, 3.63) is 34.0 Å². The van der Waals surface area contributed by atoms with Gasteiger partial charge in [-0.15, -0.1) is 23.1 Å². The molecule has 1 aromatic heterocycles. The van der Waals surface area contributed by atoms with Crippen LogP contribution in [0.5, 0.6) is 0 Å². The third kappa shape index (κ3) is 3.97. The molecule has 0 saturated carbocycles. The molecule has 15 heteroatoms. The molecule has 0 radical (unpaired) electrons. The maximum Gasteiger partial charge on any atom is 0.352 e. The molecule has 4 rings (SSSR count). The molecule has 34 heavy (non-hydrogen) atoms. The molecule has 2 saturated heterocycles. The molecule has 5 N–H and O–H groups in total. The van der Waals surface area contributed by atoms with Crippen LogP contribution in [0.15, 0.2) is 33.5 Å². The largest absolute Gasteiger partial charge is 0.477 e. The van der Waals surface area contributed by atoms with Gasteiger partial charge < -0.3 is 26.3 Å². The summed E-state index contributed by atoms with van der Waals surface area (Å²) in [5, 5.41) is 34.1. The summed E-state index contributed by atoms with van der Waals surface area (Å²) in [5.74, 6) is -3.03. The Hall–Kier alpha value is -3.90. The van der Waals surface area contributed by atoms with Crippen LogP contribution in [0.2, 0.25) is 0 Å². The van der Waals surface area contributed by atoms with E-state index >= 15 is 0 Å². The number of carboxylic acid groups (broad SMARTS) is 1. The van der Waals surface area contributed by atoms with E-state index in [2.05, 4.69) is 15.5 Å². The number of aromatic nitrogens is 1. The first kappa shape index (κ1) is 23.3. The number of carbonyl (C=O) groups is 4. The Morgan fingerprint density at radius 2 is 2.21 bits per heavy atom. The Labute approximate surface area is 200 Å². The lowest BCUT2D eigenvalue weighted by atomic mass is 10.0. The molecule has 3 amide bonds. The smallest absolute Gasteiger partial charge is 0.352 e. The number of carboxylic acids is 1. The number of anilines is 1. The van der Waals surface area contributed by atoms with Crippen molar-refractivity contribution in [3.63, 3.8) is 0 Å². The van der Waals surface area contributed by atoms with Crippen molar-refractivity contribution in [2.45, 2.75) is 17.8 Å². The zero-order valence-electron chi connectivity index (χ0n) is 17.3. The Kier molecular flexibility index (Phi) is 6.26. The highest BCUT2D eigenvalue weighted by Crippen LogP contribution is 2.41. The van der Waals surface area contributed by atoms with E-state index in [1.54, 1.807) is 0 Å². The van der Waals surface area contributed by atoms with Gasteiger partial charge in [-0.05, 0) is 18.1 Å². The Morgan fingerprint density at radius 1 is 1.44 bits per heavy atom. The number of thioether (sulfide) groups is 1. The number of nitriles is 1. The van der Waals surface area contributed by atoms with Crippen LogP contribution < -0.4 is 11.1 Å². The average Bonchev–Trinajstić information content (AvgIpc) is 3.38. The minimum Gasteiger partial charge on any atom is -0.477 e. The summed E-state index contributed by atoms with van der Waals surface area (Å²) in [6.45, 7) is 0.302. The zero-order chi connectivity index (χ0) is 24.6. The fraction of sp³-hybridized carbons (Fsp3) is 0.316. The van der Waals surface area contributed by atoms with Crippen molar-refractivity contribution in [3.8, 4) is 6.07 Å². The lowest BCUT2D eigenvalue weighted by Gasteiger charge is -2.49. The molecule has 3 aliphatic rings. The summed E-state index contributed by atoms with van der Waals surface area (Å²) in [4.78, 5) is 56.1. The number of amides is 3. The molecule has 3 aliphatic heterocycles. The van der Waals surface area contributed by atoms with Crippen LogP contribution in [0.25, 0.3) is 0 Å². The van der Waals surface area contributed by atoms with E-state index in [4.69, 9.17) is 11.0 Å². The van der Waals surface area contributed by atoms with Gasteiger partial charge in [-0.3, -0.25) is 19.3 Å². The number of carbonyl (C=O) groups excluding carboxylic acids is 3. The Balaban J connectivity index is 1.54. The van der Waals surface area contributed by atoms with Crippen LogP contribution in [-0.4, -0.2) is 84.8 Å². The number of thiazole rings is 1. The number of likely N-dealkylation sites (tertiary alicyclic amines) is 1. The summed E-state index contributed by atoms with van der Waals surface area (Å²) in [6, 6.07) is 0.862. The quantitative estimate of drug-likeness (QED) is 0.0962. The summed E-state index contributed by atoms with van der Waals surface area (Å²) in [7, 11) is 0. The zero-order valence-corrected chi connectivity index (χ0v) is 18.9. The number of rotatable bonds is 6. The molecule has 0 spiro atoms. The summed E-state index contributed by atoms with van der Waals surface area (Å²) in [5.41, 5.74) is 5.55. The highest BCUT2D eigenvalue weighted by Gasteiger charge is 2.54. The highest BCUT2D eigenvalue weighted by molar-refractivity contribution is 8.00. The third-order valence-electron chi connectivity index (χ3n) is 5.39. The predicted molar refractivity (Wildman–Crippen MR) is 119 cm³/mol. The van der Waals surface area contributed by atoms with Crippen LogP contribution in [0, 0.1) is 11.3 Å². The summed E-state index contributed by atoms with van der Waals surface area (Å²) >= 11 is 2.26. The minimum absolute atomic E-state index is 0.0362. The molecule has 0 aromatic carbocycles. The molecular weight excluding hydrogens is 486 g/mol. The van der Waals surface area contributed by atoms with Crippen LogP contribution in [-0.2, 0) is 19.2 Å². The number of hydrogen-bond acceptors (Lipinski definition) is 11. The van der Waals surface area contributed by atoms with Crippen molar-refractivity contribution in [1.82, 2.24) is 20.1 Å². The number of oxime groups is 1. The van der Waals surface area contributed by atoms with Gasteiger partial charge in [-0.25, -0.2) is 9.78 Å². The van der Waals surface area contributed by atoms with Gasteiger partial charge >= 0.3 is 5.97 Å². The van der Waals surface area contributed by atoms with Gasteiger partial charge in [0.2, 0.25) is 0 Å². The van der Waals surface area contributed by atoms with Crippen LogP contribution in [0.3, 0.4) is 0 Å². The van der Waals surface area contributed by atoms with Gasteiger partial charge in [0, 0.05) is 23.3 Å². The molecule has 0 aliphatic carbocycles. The first-order valence-corrected chi connectivity index (χ1v) is 11.7. The fourth-order valence-corrected chi connectivity index (χ4v) is 5.67. The number of fused-ring (bicyclic) bond motifs is 1. The highest BCUT2D eigenvalue weighted by atomic mass is 32.2. The van der Waals surface area contributed by atoms with Crippen molar-refractivity contribution in [2.24, 2.45) is 5.16 Å². The van der Waals surface area contributed by atoms with Gasteiger partial charge in [0.25, 0.3) is 17.7 Å². The number of nitrogens with one attached hydrogen (secondary N) is 1. The number of aliphatic carboxylic acids is 1. The standard InChI is InChI=1S/C19H17N7O6S2/c20-2-4-25-3-1-8(15(25)28)5-9-6-33-17-12(16(29)26(17)13(9)18(30)31)23-14(27)11(24-32)10-7-34-19(21)22-10/h5,7,12,17,32H,1,3-4,6H2,(H2,21,22)(H,23,27)(H,30,31). The molecule has 1 aromatic rings. The van der Waals surface area contributed by atoms with Gasteiger partial charge in [-0.2, -0.15) is 5.26 Å². The lowest BCUT2D eigenvalue weighted by molar-refractivity contribution is -0.150. The monoisotopic (exact) mass is 503 g/mol. The van der Waals surface area contributed by atoms with E-state index in [1.807, 2.05) is 6.07 Å². The van der Waals surface area contributed by atoms with Crippen molar-refractivity contribution in [1.29, 1.82) is 5.26 Å². The van der Waals surface area contributed by atoms with E-state index in [1.165, 1.54) is 28.1 Å². The normalized spacial score (nSPS) is 23.6. The second-order valence-corrected chi connectivity index (χ2v) is 9.36. The van der Waals surface area contributed by atoms with Gasteiger partial charge in [0.15, 0.2) is 10.8 Å². The molecule has 2 atom stereocenters. The maximum atomic E-state index is 12.8. The molecule has 13 nitrogen and oxygen atoms in total. The summed E-state index contributed by atoms with van der Waals surface area (Å²) in [6.07, 6.45) is 1.83. The van der Waals surface area contributed by atoms with Gasteiger partial charge in [0.1, 0.15) is 29.4 Å². The van der Waals surface area contributed by atoms with Crippen LogP contribution >= 0.6 is 23.1 Å². The van der Waals surface area contributed by atoms with Crippen LogP contribution in [0.1, 0.15) is 12.1 Å². The van der Waals surface area contributed by atoms with E-state index in [0.717, 1.165) is 16.2 Å². The van der Waals surface area contributed by atoms with E-state index in [0.29, 0.717) is 24.1 Å². The second kappa shape index (κ2) is 9.15. The van der Waals surface area contributed by atoms with E-state index < -0.39 is 34.9 Å². The predicted octanol–water partition coefficient (Wildman–Crippen LogP) is -0.676. The number of nitrogens with two attached hydrogens (primary N) is 1. The Morgan fingerprint density at radius 3 is 2.82 bits per heavy atom. The van der Waals surface area contributed by atoms with Crippen molar-refractivity contribution >= 4 is 57.6 Å². The van der Waals surface area contributed by atoms with Crippen molar-refractivity contribution < 1.29 is 29.5 Å². The molecule has 0 bridgehead atoms. The molecule has 176 valence electrons. The van der Waals surface area contributed by atoms with Gasteiger partial charge in [-0.1, -0.05) is 5.16 Å². The molecule has 2 unspecified atom stereocenters. The molecular formula is C19H17N7O6S2. The molecule has 2 fully saturated rings. The molecule has 4 heterocycles. The van der Waals surface area contributed by atoms with Gasteiger partial charge in [0.05, 0.1) is 6.07 Å². The van der Waals surface area contributed by atoms with Crippen molar-refractivity contribution in [2.75, 3.05) is 24.6 Å². The third-order valence-corrected chi connectivity index (χ3v) is 7.37. The first-order chi connectivity index (χ1) is 16.3. The fourth-order valence-electron chi connectivity index (χ4n) is 3.82. The average molecular weight is 504 g/mol. The lowest BCUT2D eigenvalue weighted by Crippen LogP contribution is -2.71. The maximum absolute atomic E-state index is 12.8.